The number of rotatable bonds is 8. The van der Waals surface area contributed by atoms with E-state index in [1.54, 1.807) is 0 Å². The van der Waals surface area contributed by atoms with Crippen LogP contribution >= 0.6 is 0 Å². The Hall–Kier alpha value is -1.39. The molecule has 1 amide bonds. The number of amides is 1. The topological polar surface area (TPSA) is 59.8 Å². The zero-order valence-corrected chi connectivity index (χ0v) is 10.8. The zero-order valence-electron chi connectivity index (χ0n) is 10.8. The van der Waals surface area contributed by atoms with E-state index in [9.17, 15) is 4.79 Å². The van der Waals surface area contributed by atoms with Gasteiger partial charge in [-0.3, -0.25) is 9.48 Å². The average Bonchev–Trinajstić information content (AvgIpc) is 2.73. The third-order valence-electron chi connectivity index (χ3n) is 2.46. The second-order valence-electron chi connectivity index (χ2n) is 4.18. The lowest BCUT2D eigenvalue weighted by Crippen LogP contribution is -2.24. The summed E-state index contributed by atoms with van der Waals surface area (Å²) in [5, 5.41) is 11.0. The SMILES string of the molecule is CCCC(=O)NCCCn1cc(CCC)nn1. The van der Waals surface area contributed by atoms with Crippen molar-refractivity contribution in [1.82, 2.24) is 20.3 Å². The minimum Gasteiger partial charge on any atom is -0.356 e. The molecule has 0 aromatic carbocycles. The number of hydrogen-bond acceptors (Lipinski definition) is 3. The quantitative estimate of drug-likeness (QED) is 0.699. The molecule has 17 heavy (non-hydrogen) atoms. The number of nitrogens with zero attached hydrogens (tertiary/aromatic N) is 3. The Morgan fingerprint density at radius 3 is 2.94 bits per heavy atom. The summed E-state index contributed by atoms with van der Waals surface area (Å²) in [5.41, 5.74) is 1.04. The first kappa shape index (κ1) is 13.7. The summed E-state index contributed by atoms with van der Waals surface area (Å²) in [5.74, 6) is 0.137. The molecule has 1 heterocycles. The fourth-order valence-corrected chi connectivity index (χ4v) is 1.60. The highest BCUT2D eigenvalue weighted by Gasteiger charge is 2.00. The van der Waals surface area contributed by atoms with E-state index in [2.05, 4.69) is 22.6 Å². The average molecular weight is 238 g/mol. The fraction of sp³-hybridized carbons (Fsp3) is 0.750. The van der Waals surface area contributed by atoms with E-state index in [1.807, 2.05) is 17.8 Å². The molecule has 0 saturated heterocycles. The van der Waals surface area contributed by atoms with E-state index in [-0.39, 0.29) is 5.91 Å². The second-order valence-corrected chi connectivity index (χ2v) is 4.18. The molecule has 0 aliphatic heterocycles. The van der Waals surface area contributed by atoms with Crippen LogP contribution in [-0.4, -0.2) is 27.4 Å². The van der Waals surface area contributed by atoms with E-state index in [1.165, 1.54) is 0 Å². The summed E-state index contributed by atoms with van der Waals surface area (Å²) in [6.07, 6.45) is 6.46. The van der Waals surface area contributed by atoms with Crippen molar-refractivity contribution in [2.75, 3.05) is 6.54 Å². The summed E-state index contributed by atoms with van der Waals surface area (Å²) >= 11 is 0. The van der Waals surface area contributed by atoms with Gasteiger partial charge in [-0.2, -0.15) is 0 Å². The van der Waals surface area contributed by atoms with Crippen LogP contribution < -0.4 is 5.32 Å². The molecule has 0 saturated carbocycles. The zero-order chi connectivity index (χ0) is 12.5. The van der Waals surface area contributed by atoms with Crippen molar-refractivity contribution < 1.29 is 4.79 Å². The second kappa shape index (κ2) is 7.81. The van der Waals surface area contributed by atoms with Gasteiger partial charge < -0.3 is 5.32 Å². The molecule has 0 spiro atoms. The van der Waals surface area contributed by atoms with Crippen LogP contribution in [0.25, 0.3) is 0 Å². The van der Waals surface area contributed by atoms with Gasteiger partial charge in [0.25, 0.3) is 0 Å². The Morgan fingerprint density at radius 2 is 2.24 bits per heavy atom. The number of nitrogens with one attached hydrogen (secondary N) is 1. The molecule has 0 unspecified atom stereocenters. The molecule has 0 radical (unpaired) electrons. The van der Waals surface area contributed by atoms with Gasteiger partial charge in [0.2, 0.25) is 5.91 Å². The predicted octanol–water partition coefficient (Wildman–Crippen LogP) is 1.54. The molecule has 0 atom stereocenters. The van der Waals surface area contributed by atoms with Crippen LogP contribution in [0.5, 0.6) is 0 Å². The molecule has 0 aliphatic rings. The lowest BCUT2D eigenvalue weighted by molar-refractivity contribution is -0.121. The summed E-state index contributed by atoms with van der Waals surface area (Å²) in [6.45, 7) is 5.65. The van der Waals surface area contributed by atoms with E-state index >= 15 is 0 Å². The Balaban J connectivity index is 2.15. The largest absolute Gasteiger partial charge is 0.356 e. The van der Waals surface area contributed by atoms with Crippen LogP contribution in [-0.2, 0) is 17.8 Å². The molecule has 1 aromatic heterocycles. The van der Waals surface area contributed by atoms with Gasteiger partial charge in [0.15, 0.2) is 0 Å². The van der Waals surface area contributed by atoms with E-state index in [0.29, 0.717) is 13.0 Å². The molecule has 1 aromatic rings. The number of hydrogen-bond donors (Lipinski definition) is 1. The van der Waals surface area contributed by atoms with Gasteiger partial charge in [-0.25, -0.2) is 0 Å². The first-order valence-electron chi connectivity index (χ1n) is 6.42. The molecule has 5 nitrogen and oxygen atoms in total. The Labute approximate surface area is 103 Å². The molecule has 1 N–H and O–H groups in total. The van der Waals surface area contributed by atoms with Crippen LogP contribution in [0.3, 0.4) is 0 Å². The highest BCUT2D eigenvalue weighted by atomic mass is 16.1. The Kier molecular flexibility index (Phi) is 6.29. The first-order valence-corrected chi connectivity index (χ1v) is 6.42. The summed E-state index contributed by atoms with van der Waals surface area (Å²) in [7, 11) is 0. The normalized spacial score (nSPS) is 10.5. The highest BCUT2D eigenvalue weighted by Crippen LogP contribution is 1.98. The lowest BCUT2D eigenvalue weighted by Gasteiger charge is -2.03. The molecule has 0 bridgehead atoms. The van der Waals surface area contributed by atoms with Gasteiger partial charge in [0.05, 0.1) is 5.69 Å². The number of carbonyl (C=O) groups is 1. The van der Waals surface area contributed by atoms with Gasteiger partial charge in [-0.05, 0) is 19.3 Å². The molecule has 0 aliphatic carbocycles. The van der Waals surface area contributed by atoms with E-state index < -0.39 is 0 Å². The third kappa shape index (κ3) is 5.47. The predicted molar refractivity (Wildman–Crippen MR) is 66.6 cm³/mol. The van der Waals surface area contributed by atoms with E-state index in [0.717, 1.165) is 37.9 Å². The van der Waals surface area contributed by atoms with Crippen LogP contribution in [0.4, 0.5) is 0 Å². The maximum Gasteiger partial charge on any atom is 0.219 e. The first-order chi connectivity index (χ1) is 8.26. The maximum atomic E-state index is 11.2. The lowest BCUT2D eigenvalue weighted by atomic mass is 10.3. The van der Waals surface area contributed by atoms with Crippen LogP contribution in [0.15, 0.2) is 6.20 Å². The molecule has 96 valence electrons. The standard InChI is InChI=1S/C12H22N4O/c1-3-6-11-10-16(15-14-11)9-5-8-13-12(17)7-4-2/h10H,3-9H2,1-2H3,(H,13,17). The van der Waals surface area contributed by atoms with Crippen molar-refractivity contribution in [2.45, 2.75) is 52.5 Å². The number of aryl methyl sites for hydroxylation is 2. The Morgan fingerprint density at radius 1 is 1.41 bits per heavy atom. The van der Waals surface area contributed by atoms with Crippen molar-refractivity contribution in [3.63, 3.8) is 0 Å². The minimum atomic E-state index is 0.137. The van der Waals surface area contributed by atoms with Gasteiger partial charge in [-0.15, -0.1) is 5.10 Å². The van der Waals surface area contributed by atoms with E-state index in [4.69, 9.17) is 0 Å². The molecule has 0 fully saturated rings. The van der Waals surface area contributed by atoms with Gasteiger partial charge in [0.1, 0.15) is 0 Å². The van der Waals surface area contributed by atoms with Crippen LogP contribution in [0.1, 0.15) is 45.2 Å². The fourth-order valence-electron chi connectivity index (χ4n) is 1.60. The number of aromatic nitrogens is 3. The maximum absolute atomic E-state index is 11.2. The van der Waals surface area contributed by atoms with Crippen molar-refractivity contribution >= 4 is 5.91 Å². The van der Waals surface area contributed by atoms with Crippen molar-refractivity contribution in [3.8, 4) is 0 Å². The molecular formula is C12H22N4O. The van der Waals surface area contributed by atoms with Crippen LogP contribution in [0, 0.1) is 0 Å². The summed E-state index contributed by atoms with van der Waals surface area (Å²) < 4.78 is 1.84. The van der Waals surface area contributed by atoms with Gasteiger partial charge in [0, 0.05) is 25.7 Å². The van der Waals surface area contributed by atoms with Crippen LogP contribution in [0.2, 0.25) is 0 Å². The molecule has 5 heteroatoms. The van der Waals surface area contributed by atoms with Crippen molar-refractivity contribution in [3.05, 3.63) is 11.9 Å². The smallest absolute Gasteiger partial charge is 0.219 e. The molecule has 1 rings (SSSR count). The summed E-state index contributed by atoms with van der Waals surface area (Å²) in [4.78, 5) is 11.2. The number of carbonyl (C=O) groups excluding carboxylic acids is 1. The molecular weight excluding hydrogens is 216 g/mol. The Bertz CT molecular complexity index is 335. The monoisotopic (exact) mass is 238 g/mol. The van der Waals surface area contributed by atoms with Gasteiger partial charge in [-0.1, -0.05) is 25.5 Å². The van der Waals surface area contributed by atoms with Crippen molar-refractivity contribution in [1.29, 1.82) is 0 Å². The van der Waals surface area contributed by atoms with Gasteiger partial charge >= 0.3 is 0 Å². The summed E-state index contributed by atoms with van der Waals surface area (Å²) in [6, 6.07) is 0. The highest BCUT2D eigenvalue weighted by molar-refractivity contribution is 5.75. The third-order valence-corrected chi connectivity index (χ3v) is 2.46. The van der Waals surface area contributed by atoms with Crippen molar-refractivity contribution in [2.24, 2.45) is 0 Å². The minimum absolute atomic E-state index is 0.137.